The van der Waals surface area contributed by atoms with Crippen molar-refractivity contribution < 1.29 is 20.4 Å². The minimum Gasteiger partial charge on any atom is -0.394 e. The topological polar surface area (TPSA) is 180 Å². The van der Waals surface area contributed by atoms with Crippen molar-refractivity contribution in [1.82, 2.24) is 9.97 Å². The fourth-order valence-electron chi connectivity index (χ4n) is 3.25. The van der Waals surface area contributed by atoms with Crippen LogP contribution in [0.15, 0.2) is 21.9 Å². The lowest BCUT2D eigenvalue weighted by Crippen LogP contribution is -2.48. The molecule has 0 saturated heterocycles. The Morgan fingerprint density at radius 3 is 2.70 bits per heavy atom. The second-order valence-corrected chi connectivity index (χ2v) is 7.09. The quantitative estimate of drug-likeness (QED) is 0.241. The molecule has 8 N–H and O–H groups in total. The molecule has 3 rings (SSSR count). The predicted octanol–water partition coefficient (Wildman–Crippen LogP) is -2.66. The summed E-state index contributed by atoms with van der Waals surface area (Å²) in [7, 11) is 0. The Hall–Kier alpha value is -2.83. The first-order chi connectivity index (χ1) is 14.3. The maximum atomic E-state index is 12.4. The molecule has 162 valence electrons. The number of rotatable bonds is 8. The number of H-pyrrole nitrogens is 1. The number of nitrogens with two attached hydrogens (primary N) is 1. The van der Waals surface area contributed by atoms with E-state index in [-0.39, 0.29) is 23.2 Å². The van der Waals surface area contributed by atoms with Crippen molar-refractivity contribution in [1.29, 1.82) is 0 Å². The summed E-state index contributed by atoms with van der Waals surface area (Å²) in [4.78, 5) is 25.2. The number of aryl methyl sites for hydroxylation is 1. The molecule has 1 aliphatic rings. The molecule has 1 aromatic carbocycles. The second-order valence-electron chi connectivity index (χ2n) is 7.09. The summed E-state index contributed by atoms with van der Waals surface area (Å²) in [6.45, 7) is 5.58. The molecule has 0 saturated carbocycles. The molecule has 0 radical (unpaired) electrons. The Kier molecular flexibility index (Phi) is 6.48. The molecule has 11 nitrogen and oxygen atoms in total. The zero-order valence-electron chi connectivity index (χ0n) is 16.5. The number of anilines is 3. The van der Waals surface area contributed by atoms with Crippen LogP contribution in [0.2, 0.25) is 0 Å². The van der Waals surface area contributed by atoms with Crippen LogP contribution in [-0.2, 0) is 0 Å². The van der Waals surface area contributed by atoms with E-state index in [1.807, 2.05) is 6.92 Å². The fourth-order valence-corrected chi connectivity index (χ4v) is 3.25. The van der Waals surface area contributed by atoms with Crippen molar-refractivity contribution in [3.8, 4) is 0 Å². The van der Waals surface area contributed by atoms with Gasteiger partial charge in [0.2, 0.25) is 0 Å². The largest absolute Gasteiger partial charge is 0.394 e. The van der Waals surface area contributed by atoms with E-state index < -0.39 is 30.5 Å². The normalized spacial score (nSPS) is 15.6. The lowest BCUT2D eigenvalue weighted by molar-refractivity contribution is -0.0726. The van der Waals surface area contributed by atoms with Crippen LogP contribution in [0.3, 0.4) is 0 Å². The molecule has 0 bridgehead atoms. The van der Waals surface area contributed by atoms with Crippen LogP contribution in [0.5, 0.6) is 0 Å². The highest BCUT2D eigenvalue weighted by Gasteiger charge is 2.31. The van der Waals surface area contributed by atoms with Gasteiger partial charge >= 0.3 is 0 Å². The minimum absolute atomic E-state index is 0.0429. The summed E-state index contributed by atoms with van der Waals surface area (Å²) >= 11 is 0. The summed E-state index contributed by atoms with van der Waals surface area (Å²) in [5, 5.41) is 42.6. The van der Waals surface area contributed by atoms with Gasteiger partial charge in [0.05, 0.1) is 24.5 Å². The Balaban J connectivity index is 2.14. The molecule has 0 spiro atoms. The lowest BCUT2D eigenvalue weighted by Gasteiger charge is -2.32. The molecular formula is C19H26N6O5. The number of aliphatic hydroxyl groups is 4. The highest BCUT2D eigenvalue weighted by atomic mass is 16.4. The number of hydrogen-bond donors (Lipinski definition) is 7. The molecule has 2 aromatic rings. The van der Waals surface area contributed by atoms with Crippen molar-refractivity contribution in [2.24, 2.45) is 10.7 Å². The zero-order valence-corrected chi connectivity index (χ0v) is 16.5. The van der Waals surface area contributed by atoms with Gasteiger partial charge in [0.15, 0.2) is 11.2 Å². The first-order valence-electron chi connectivity index (χ1n) is 9.46. The van der Waals surface area contributed by atoms with Gasteiger partial charge in [-0.15, -0.1) is 0 Å². The molecule has 2 heterocycles. The van der Waals surface area contributed by atoms with Gasteiger partial charge in [-0.3, -0.25) is 4.79 Å². The smallest absolute Gasteiger partial charge is 0.279 e. The van der Waals surface area contributed by atoms with Gasteiger partial charge < -0.3 is 41.4 Å². The Morgan fingerprint density at radius 2 is 2.03 bits per heavy atom. The molecular weight excluding hydrogens is 392 g/mol. The first-order valence-corrected chi connectivity index (χ1v) is 9.46. The molecule has 0 aliphatic carbocycles. The van der Waals surface area contributed by atoms with Crippen molar-refractivity contribution in [2.75, 3.05) is 36.5 Å². The van der Waals surface area contributed by atoms with Gasteiger partial charge in [-0.25, -0.2) is 9.98 Å². The van der Waals surface area contributed by atoms with Gasteiger partial charge in [0, 0.05) is 18.8 Å². The maximum absolute atomic E-state index is 12.4. The van der Waals surface area contributed by atoms with Gasteiger partial charge in [-0.05, 0) is 24.6 Å². The molecule has 1 aromatic heterocycles. The van der Waals surface area contributed by atoms with Crippen molar-refractivity contribution >= 4 is 29.5 Å². The van der Waals surface area contributed by atoms with E-state index in [4.69, 9.17) is 10.8 Å². The summed E-state index contributed by atoms with van der Waals surface area (Å²) in [6, 6.07) is 3.58. The van der Waals surface area contributed by atoms with Crippen LogP contribution < -0.4 is 32.3 Å². The van der Waals surface area contributed by atoms with E-state index in [0.29, 0.717) is 24.5 Å². The van der Waals surface area contributed by atoms with Crippen LogP contribution >= 0.6 is 0 Å². The van der Waals surface area contributed by atoms with Crippen LogP contribution in [0.4, 0.5) is 22.9 Å². The Morgan fingerprint density at radius 1 is 1.30 bits per heavy atom. The molecule has 0 amide bonds. The van der Waals surface area contributed by atoms with Gasteiger partial charge in [0.25, 0.3) is 5.56 Å². The number of aliphatic hydroxyl groups excluding tert-OH is 4. The molecule has 11 heteroatoms. The van der Waals surface area contributed by atoms with Crippen molar-refractivity contribution in [3.63, 3.8) is 0 Å². The highest BCUT2D eigenvalue weighted by Crippen LogP contribution is 2.38. The van der Waals surface area contributed by atoms with E-state index in [0.717, 1.165) is 11.3 Å². The number of nitrogens with one attached hydrogen (secondary N) is 2. The maximum Gasteiger partial charge on any atom is 0.279 e. The zero-order chi connectivity index (χ0) is 22.0. The average molecular weight is 418 g/mol. The van der Waals surface area contributed by atoms with E-state index in [1.165, 1.54) is 4.90 Å². The number of nitrogens with zero attached hydrogens (tertiary/aromatic N) is 3. The third-order valence-corrected chi connectivity index (χ3v) is 4.83. The Labute approximate surface area is 171 Å². The van der Waals surface area contributed by atoms with Gasteiger partial charge in [-0.1, -0.05) is 6.58 Å². The summed E-state index contributed by atoms with van der Waals surface area (Å²) in [6.07, 6.45) is -4.59. The number of fused-ring (bicyclic) bond motifs is 2. The second kappa shape index (κ2) is 8.90. The van der Waals surface area contributed by atoms with Gasteiger partial charge in [-0.2, -0.15) is 0 Å². The molecule has 30 heavy (non-hydrogen) atoms. The van der Waals surface area contributed by atoms with E-state index in [2.05, 4.69) is 26.9 Å². The molecule has 0 unspecified atom stereocenters. The number of β-amino-alcohol motifs (C(OH)–C–C–N with tert-alkyl or cyclic N) is 1. The molecule has 3 atom stereocenters. The third kappa shape index (κ3) is 4.20. The molecule has 1 aliphatic heterocycles. The van der Waals surface area contributed by atoms with Crippen LogP contribution in [0.25, 0.3) is 6.58 Å². The van der Waals surface area contributed by atoms with Crippen LogP contribution in [0.1, 0.15) is 5.56 Å². The molecule has 0 fully saturated rings. The predicted molar refractivity (Wildman–Crippen MR) is 112 cm³/mol. The summed E-state index contributed by atoms with van der Waals surface area (Å²) < 4.78 is 0. The van der Waals surface area contributed by atoms with E-state index in [1.54, 1.807) is 12.1 Å². The first kappa shape index (κ1) is 21.9. The number of hydrogen-bond acceptors (Lipinski definition) is 10. The van der Waals surface area contributed by atoms with Crippen LogP contribution in [0, 0.1) is 6.92 Å². The van der Waals surface area contributed by atoms with Crippen molar-refractivity contribution in [2.45, 2.75) is 25.2 Å². The van der Waals surface area contributed by atoms with E-state index >= 15 is 0 Å². The number of aromatic nitrogens is 2. The standard InChI is InChI=1S/C19H26N6O5/c1-9-5-12-13(6-11(9)21-4-3-20)25(7-14(27)17(29)15(28)8-26)18-16(24-12)19(30)23-10(2)22-18/h5-6,14-15,17,21,26-29H,2-4,7-8,20H2,1H3,(H,23,30)/t14-,15+,17-/m0/s1. The Bertz CT molecular complexity index is 1090. The highest BCUT2D eigenvalue weighted by molar-refractivity contribution is 5.80. The lowest BCUT2D eigenvalue weighted by atomic mass is 10.1. The SMILES string of the molecule is C=c1nc2c(c(=O)[nH]1)=Nc1cc(C)c(NCCN)cc1N2C[C@H](O)[C@H](O)[C@H](O)CO. The summed E-state index contributed by atoms with van der Waals surface area (Å²) in [5.74, 6) is 0.162. The average Bonchev–Trinajstić information content (AvgIpc) is 2.71. The number of benzene rings is 1. The minimum atomic E-state index is -1.61. The van der Waals surface area contributed by atoms with Gasteiger partial charge in [0.1, 0.15) is 23.8 Å². The number of aromatic amines is 1. The third-order valence-electron chi connectivity index (χ3n) is 4.83. The fraction of sp³-hybridized carbons (Fsp3) is 0.421. The summed E-state index contributed by atoms with van der Waals surface area (Å²) in [5.41, 5.74) is 7.88. The monoisotopic (exact) mass is 418 g/mol. The van der Waals surface area contributed by atoms with Crippen LogP contribution in [-0.4, -0.2) is 74.9 Å². The van der Waals surface area contributed by atoms with Crippen molar-refractivity contribution in [3.05, 3.63) is 38.9 Å². The van der Waals surface area contributed by atoms with E-state index in [9.17, 15) is 20.1 Å².